The number of benzene rings is 2. The molecule has 2 aromatic carbocycles. The molecule has 0 unspecified atom stereocenters. The summed E-state index contributed by atoms with van der Waals surface area (Å²) in [6.07, 6.45) is 0.737. The molecular weight excluding hydrogens is 339 g/mol. The molecule has 134 valence electrons. The Hall–Kier alpha value is -2.64. The molecule has 0 aromatic heterocycles. The van der Waals surface area contributed by atoms with Crippen molar-refractivity contribution >= 4 is 11.5 Å². The summed E-state index contributed by atoms with van der Waals surface area (Å²) >= 11 is 0. The van der Waals surface area contributed by atoms with E-state index in [9.17, 15) is 19.3 Å². The first kappa shape index (κ1) is 16.8. The van der Waals surface area contributed by atoms with Crippen molar-refractivity contribution in [2.75, 3.05) is 13.2 Å². The number of carbonyl (C=O) groups excluding carboxylic acids is 1. The third-order valence-corrected chi connectivity index (χ3v) is 5.05. The highest BCUT2D eigenvalue weighted by Crippen LogP contribution is 2.38. The fraction of sp³-hybridized carbons (Fsp3) is 0.316. The van der Waals surface area contributed by atoms with Crippen LogP contribution in [0.15, 0.2) is 42.5 Å². The first-order valence-corrected chi connectivity index (χ1v) is 8.46. The molecule has 2 aliphatic heterocycles. The predicted octanol–water partition coefficient (Wildman–Crippen LogP) is 3.26. The monoisotopic (exact) mass is 356 g/mol. The van der Waals surface area contributed by atoms with Gasteiger partial charge in [0.15, 0.2) is 5.78 Å². The van der Waals surface area contributed by atoms with Crippen molar-refractivity contribution in [1.82, 2.24) is 4.90 Å². The zero-order valence-electron chi connectivity index (χ0n) is 13.9. The largest absolute Gasteiger partial charge is 0.357 e. The molecule has 0 saturated carbocycles. The lowest BCUT2D eigenvalue weighted by molar-refractivity contribution is -0.384. The summed E-state index contributed by atoms with van der Waals surface area (Å²) in [5.74, 6) is -0.376. The van der Waals surface area contributed by atoms with Crippen LogP contribution in [0.2, 0.25) is 0 Å². The quantitative estimate of drug-likeness (QED) is 0.478. The van der Waals surface area contributed by atoms with Gasteiger partial charge in [0, 0.05) is 42.3 Å². The van der Waals surface area contributed by atoms with E-state index in [1.165, 1.54) is 36.4 Å². The molecule has 0 N–H and O–H groups in total. The van der Waals surface area contributed by atoms with Crippen LogP contribution in [0.25, 0.3) is 0 Å². The number of ketones is 1. The molecule has 0 amide bonds. The highest BCUT2D eigenvalue weighted by Gasteiger charge is 2.39. The number of rotatable bonds is 4. The molecule has 7 heteroatoms. The number of hydrogen-bond acceptors (Lipinski definition) is 5. The zero-order valence-corrected chi connectivity index (χ0v) is 13.9. The van der Waals surface area contributed by atoms with Crippen molar-refractivity contribution in [3.8, 4) is 0 Å². The number of nitrogens with zero attached hydrogens (tertiary/aromatic N) is 2. The van der Waals surface area contributed by atoms with Crippen LogP contribution in [0.3, 0.4) is 0 Å². The Kier molecular flexibility index (Phi) is 4.26. The van der Waals surface area contributed by atoms with Crippen molar-refractivity contribution in [2.45, 2.75) is 25.1 Å². The van der Waals surface area contributed by atoms with E-state index in [2.05, 4.69) is 4.90 Å². The van der Waals surface area contributed by atoms with Crippen LogP contribution in [0, 0.1) is 15.9 Å². The minimum Gasteiger partial charge on any atom is -0.357 e. The standard InChI is InChI=1S/C19H17FN2O4/c20-14-4-1-12-7-8-21-16(11-26-19(21)17(12)9-14)10-18(23)13-2-5-15(6-3-13)22(24)25/h1-6,9,16,19H,7-8,10-11H2/t16-,19+/m1/s1. The molecule has 2 aliphatic rings. The van der Waals surface area contributed by atoms with Gasteiger partial charge in [0.05, 0.1) is 11.5 Å². The van der Waals surface area contributed by atoms with E-state index in [4.69, 9.17) is 4.74 Å². The molecule has 1 fully saturated rings. The van der Waals surface area contributed by atoms with Crippen molar-refractivity contribution < 1.29 is 18.8 Å². The molecule has 26 heavy (non-hydrogen) atoms. The SMILES string of the molecule is O=C(C[C@@H]1CO[C@H]2c3cc(F)ccc3CCN12)c1ccc([N+](=O)[O-])cc1. The molecule has 6 nitrogen and oxygen atoms in total. The van der Waals surface area contributed by atoms with E-state index in [0.29, 0.717) is 12.2 Å². The number of Topliss-reactive ketones (excluding diaryl/α,β-unsaturated/α-hetero) is 1. The van der Waals surface area contributed by atoms with Gasteiger partial charge in [-0.1, -0.05) is 6.07 Å². The Balaban J connectivity index is 1.48. The molecule has 4 rings (SSSR count). The Bertz CT molecular complexity index is 868. The highest BCUT2D eigenvalue weighted by atomic mass is 19.1. The number of carbonyl (C=O) groups is 1. The van der Waals surface area contributed by atoms with Gasteiger partial charge in [-0.25, -0.2) is 4.39 Å². The Labute approximate surface area is 149 Å². The number of nitro benzene ring substituents is 1. The fourth-order valence-corrected chi connectivity index (χ4v) is 3.70. The fourth-order valence-electron chi connectivity index (χ4n) is 3.70. The summed E-state index contributed by atoms with van der Waals surface area (Å²) in [6.45, 7) is 1.15. The molecule has 2 atom stereocenters. The van der Waals surface area contributed by atoms with Crippen LogP contribution in [0.1, 0.15) is 34.1 Å². The van der Waals surface area contributed by atoms with Crippen LogP contribution < -0.4 is 0 Å². The van der Waals surface area contributed by atoms with Gasteiger partial charge in [0.1, 0.15) is 12.0 Å². The van der Waals surface area contributed by atoms with E-state index in [1.807, 2.05) is 0 Å². The maximum absolute atomic E-state index is 13.6. The normalized spacial score (nSPS) is 21.9. The summed E-state index contributed by atoms with van der Waals surface area (Å²) in [4.78, 5) is 24.9. The van der Waals surface area contributed by atoms with E-state index in [0.717, 1.165) is 24.1 Å². The Morgan fingerprint density at radius 2 is 2.04 bits per heavy atom. The van der Waals surface area contributed by atoms with Gasteiger partial charge in [-0.15, -0.1) is 0 Å². The van der Waals surface area contributed by atoms with Crippen LogP contribution >= 0.6 is 0 Å². The summed E-state index contributed by atoms with van der Waals surface area (Å²) in [5.41, 5.74) is 2.32. The van der Waals surface area contributed by atoms with Crippen LogP contribution in [-0.2, 0) is 11.2 Å². The van der Waals surface area contributed by atoms with Crippen LogP contribution in [-0.4, -0.2) is 34.8 Å². The van der Waals surface area contributed by atoms with Gasteiger partial charge in [-0.2, -0.15) is 0 Å². The summed E-state index contributed by atoms with van der Waals surface area (Å²) < 4.78 is 19.4. The van der Waals surface area contributed by atoms with Gasteiger partial charge >= 0.3 is 0 Å². The topological polar surface area (TPSA) is 72.7 Å². The number of halogens is 1. The molecule has 0 aliphatic carbocycles. The van der Waals surface area contributed by atoms with Gasteiger partial charge in [-0.05, 0) is 36.2 Å². The average molecular weight is 356 g/mol. The number of ether oxygens (including phenoxy) is 1. The number of non-ortho nitro benzene ring substituents is 1. The zero-order chi connectivity index (χ0) is 18.3. The highest BCUT2D eigenvalue weighted by molar-refractivity contribution is 5.96. The van der Waals surface area contributed by atoms with E-state index < -0.39 is 4.92 Å². The Morgan fingerprint density at radius 3 is 2.77 bits per heavy atom. The third-order valence-electron chi connectivity index (χ3n) is 5.05. The predicted molar refractivity (Wildman–Crippen MR) is 91.3 cm³/mol. The van der Waals surface area contributed by atoms with Gasteiger partial charge in [-0.3, -0.25) is 19.8 Å². The molecule has 0 radical (unpaired) electrons. The average Bonchev–Trinajstić information content (AvgIpc) is 3.05. The van der Waals surface area contributed by atoms with E-state index >= 15 is 0 Å². The summed E-state index contributed by atoms with van der Waals surface area (Å²) in [7, 11) is 0. The number of hydrogen-bond donors (Lipinski definition) is 0. The van der Waals surface area contributed by atoms with E-state index in [-0.39, 0.29) is 36.0 Å². The minimum absolute atomic E-state index is 0.0412. The number of fused-ring (bicyclic) bond motifs is 3. The molecular formula is C19H17FN2O4. The van der Waals surface area contributed by atoms with Crippen molar-refractivity contribution in [1.29, 1.82) is 0 Å². The maximum Gasteiger partial charge on any atom is 0.269 e. The van der Waals surface area contributed by atoms with Crippen molar-refractivity contribution in [2.24, 2.45) is 0 Å². The smallest absolute Gasteiger partial charge is 0.269 e. The maximum atomic E-state index is 13.6. The Morgan fingerprint density at radius 1 is 1.27 bits per heavy atom. The van der Waals surface area contributed by atoms with Crippen LogP contribution in [0.4, 0.5) is 10.1 Å². The summed E-state index contributed by atoms with van der Waals surface area (Å²) in [6, 6.07) is 10.3. The molecule has 1 saturated heterocycles. The molecule has 2 aromatic rings. The van der Waals surface area contributed by atoms with Crippen LogP contribution in [0.5, 0.6) is 0 Å². The first-order valence-electron chi connectivity index (χ1n) is 8.46. The van der Waals surface area contributed by atoms with Gasteiger partial charge in [0.2, 0.25) is 0 Å². The third kappa shape index (κ3) is 3.00. The van der Waals surface area contributed by atoms with Crippen molar-refractivity contribution in [3.05, 3.63) is 75.1 Å². The van der Waals surface area contributed by atoms with E-state index in [1.54, 1.807) is 6.07 Å². The lowest BCUT2D eigenvalue weighted by Crippen LogP contribution is -2.39. The van der Waals surface area contributed by atoms with Gasteiger partial charge < -0.3 is 4.74 Å². The van der Waals surface area contributed by atoms with Gasteiger partial charge in [0.25, 0.3) is 5.69 Å². The lowest BCUT2D eigenvalue weighted by atomic mass is 9.96. The minimum atomic E-state index is -0.492. The number of nitro groups is 1. The molecule has 2 heterocycles. The second kappa shape index (κ2) is 6.59. The lowest BCUT2D eigenvalue weighted by Gasteiger charge is -2.33. The molecule has 0 spiro atoms. The first-order chi connectivity index (χ1) is 12.5. The second-order valence-corrected chi connectivity index (χ2v) is 6.60. The molecule has 0 bridgehead atoms. The summed E-state index contributed by atoms with van der Waals surface area (Å²) in [5, 5.41) is 10.7. The van der Waals surface area contributed by atoms with Crippen molar-refractivity contribution in [3.63, 3.8) is 0 Å². The second-order valence-electron chi connectivity index (χ2n) is 6.60.